The summed E-state index contributed by atoms with van der Waals surface area (Å²) in [6.07, 6.45) is 0. The van der Waals surface area contributed by atoms with E-state index in [4.69, 9.17) is 12.2 Å². The van der Waals surface area contributed by atoms with E-state index in [1.165, 1.54) is 15.5 Å². The van der Waals surface area contributed by atoms with Gasteiger partial charge in [-0.05, 0) is 36.8 Å². The first-order valence-electron chi connectivity index (χ1n) is 5.71. The lowest BCUT2D eigenvalue weighted by Crippen LogP contribution is -2.29. The van der Waals surface area contributed by atoms with Gasteiger partial charge in [0.25, 0.3) is 0 Å². The number of aromatic nitrogens is 1. The maximum absolute atomic E-state index is 5.58. The molecule has 0 bridgehead atoms. The normalized spacial score (nSPS) is 10.8. The first-order valence-corrected chi connectivity index (χ1v) is 8.80. The molecular formula is C12H14N2S4. The summed E-state index contributed by atoms with van der Waals surface area (Å²) >= 11 is 11.4. The van der Waals surface area contributed by atoms with Crippen LogP contribution in [0.4, 0.5) is 0 Å². The van der Waals surface area contributed by atoms with Gasteiger partial charge in [0, 0.05) is 18.7 Å². The Morgan fingerprint density at radius 1 is 1.44 bits per heavy atom. The predicted molar refractivity (Wildman–Crippen MR) is 89.1 cm³/mol. The molecule has 0 unspecified atom stereocenters. The van der Waals surface area contributed by atoms with Gasteiger partial charge in [-0.15, -0.1) is 23.0 Å². The fourth-order valence-corrected chi connectivity index (χ4v) is 3.98. The zero-order chi connectivity index (χ0) is 13.1. The molecule has 1 aromatic carbocycles. The minimum atomic E-state index is 0.881. The molecule has 6 heteroatoms. The lowest BCUT2D eigenvalue weighted by molar-refractivity contribution is 0.475. The third-order valence-corrected chi connectivity index (χ3v) is 5.69. The number of hydrogen-bond acceptors (Lipinski definition) is 5. The van der Waals surface area contributed by atoms with E-state index in [1.54, 1.807) is 11.3 Å². The molecule has 96 valence electrons. The van der Waals surface area contributed by atoms with Crippen molar-refractivity contribution in [1.29, 1.82) is 0 Å². The monoisotopic (exact) mass is 314 g/mol. The average molecular weight is 315 g/mol. The highest BCUT2D eigenvalue weighted by Crippen LogP contribution is 2.33. The number of para-hydroxylation sites is 1. The Morgan fingerprint density at radius 3 is 2.78 bits per heavy atom. The van der Waals surface area contributed by atoms with E-state index in [2.05, 4.69) is 47.5 Å². The zero-order valence-electron chi connectivity index (χ0n) is 10.2. The quantitative estimate of drug-likeness (QED) is 0.515. The molecule has 0 aliphatic heterocycles. The summed E-state index contributed by atoms with van der Waals surface area (Å²) in [5, 5.41) is 0. The maximum Gasteiger partial charge on any atom is 0.161 e. The van der Waals surface area contributed by atoms with Crippen LogP contribution in [0.1, 0.15) is 19.4 Å². The van der Waals surface area contributed by atoms with Crippen LogP contribution in [0.3, 0.4) is 0 Å². The Kier molecular flexibility index (Phi) is 4.89. The Balaban J connectivity index is 2.50. The van der Waals surface area contributed by atoms with Crippen molar-refractivity contribution < 1.29 is 0 Å². The van der Waals surface area contributed by atoms with Crippen molar-refractivity contribution in [3.63, 3.8) is 0 Å². The Bertz CT molecular complexity index is 560. The number of rotatable bonds is 4. The minimum Gasteiger partial charge on any atom is -0.363 e. The molecule has 0 saturated heterocycles. The second-order valence-electron chi connectivity index (χ2n) is 3.70. The second-order valence-corrected chi connectivity index (χ2v) is 6.49. The number of thiazole rings is 1. The van der Waals surface area contributed by atoms with Crippen molar-refractivity contribution >= 4 is 61.2 Å². The van der Waals surface area contributed by atoms with Crippen molar-refractivity contribution in [3.8, 4) is 0 Å². The summed E-state index contributed by atoms with van der Waals surface area (Å²) in [6.45, 7) is 6.08. The highest BCUT2D eigenvalue weighted by atomic mass is 33.1. The average Bonchev–Trinajstić information content (AvgIpc) is 2.82. The number of thiol groups is 1. The van der Waals surface area contributed by atoms with Gasteiger partial charge in [0.1, 0.15) is 4.99 Å². The van der Waals surface area contributed by atoms with Crippen molar-refractivity contribution in [2.75, 3.05) is 13.1 Å². The number of benzene rings is 1. The van der Waals surface area contributed by atoms with Crippen LogP contribution in [0.5, 0.6) is 0 Å². The van der Waals surface area contributed by atoms with E-state index in [9.17, 15) is 0 Å². The molecule has 0 spiro atoms. The van der Waals surface area contributed by atoms with E-state index in [0.717, 1.165) is 33.5 Å². The zero-order valence-corrected chi connectivity index (χ0v) is 13.6. The third kappa shape index (κ3) is 2.66. The minimum absolute atomic E-state index is 0.881. The molecule has 0 N–H and O–H groups in total. The van der Waals surface area contributed by atoms with Crippen LogP contribution in [0, 0.1) is 0 Å². The van der Waals surface area contributed by atoms with Gasteiger partial charge in [-0.1, -0.05) is 18.3 Å². The smallest absolute Gasteiger partial charge is 0.161 e. The molecule has 0 radical (unpaired) electrons. The number of hydrogen-bond donors (Lipinski definition) is 1. The van der Waals surface area contributed by atoms with Gasteiger partial charge >= 0.3 is 0 Å². The van der Waals surface area contributed by atoms with Crippen molar-refractivity contribution in [1.82, 2.24) is 9.88 Å². The number of nitrogens with zero attached hydrogens (tertiary/aromatic N) is 2. The first kappa shape index (κ1) is 14.1. The molecule has 0 atom stereocenters. The van der Waals surface area contributed by atoms with E-state index >= 15 is 0 Å². The Morgan fingerprint density at radius 2 is 2.17 bits per heavy atom. The molecule has 1 heterocycles. The van der Waals surface area contributed by atoms with Gasteiger partial charge in [0.05, 0.1) is 10.2 Å². The van der Waals surface area contributed by atoms with Crippen LogP contribution < -0.4 is 0 Å². The molecular weight excluding hydrogens is 300 g/mol. The van der Waals surface area contributed by atoms with Gasteiger partial charge < -0.3 is 4.90 Å². The van der Waals surface area contributed by atoms with E-state index < -0.39 is 0 Å². The molecule has 0 saturated carbocycles. The standard InChI is InChI=1S/C12H14N2S4/c1-3-14(4-2)11(15)8-6-5-7-9-10(8)13-12(17-9)18-16/h5-7,16H,3-4H2,1-2H3. The highest BCUT2D eigenvalue weighted by molar-refractivity contribution is 8.69. The molecule has 18 heavy (non-hydrogen) atoms. The molecule has 2 rings (SSSR count). The van der Waals surface area contributed by atoms with E-state index in [-0.39, 0.29) is 0 Å². The first-order chi connectivity index (χ1) is 8.71. The Hall–Kier alpha value is -0.300. The van der Waals surface area contributed by atoms with Gasteiger partial charge in [-0.3, -0.25) is 0 Å². The molecule has 0 aliphatic carbocycles. The number of thiocarbonyl (C=S) groups is 1. The molecule has 0 aliphatic rings. The Labute approximate surface area is 126 Å². The lowest BCUT2D eigenvalue weighted by Gasteiger charge is -2.21. The van der Waals surface area contributed by atoms with Gasteiger partial charge in [0.2, 0.25) is 0 Å². The van der Waals surface area contributed by atoms with Crippen LogP contribution in [0.25, 0.3) is 10.2 Å². The lowest BCUT2D eigenvalue weighted by atomic mass is 10.2. The van der Waals surface area contributed by atoms with Gasteiger partial charge in [-0.25, -0.2) is 4.98 Å². The van der Waals surface area contributed by atoms with Crippen molar-refractivity contribution in [2.24, 2.45) is 0 Å². The van der Waals surface area contributed by atoms with E-state index in [1.807, 2.05) is 6.07 Å². The maximum atomic E-state index is 5.58. The van der Waals surface area contributed by atoms with Crippen molar-refractivity contribution in [3.05, 3.63) is 23.8 Å². The summed E-state index contributed by atoms with van der Waals surface area (Å²) in [5.74, 6) is 0. The van der Waals surface area contributed by atoms with Crippen LogP contribution in [-0.4, -0.2) is 28.0 Å². The van der Waals surface area contributed by atoms with Crippen LogP contribution in [-0.2, 0) is 0 Å². The summed E-state index contributed by atoms with van der Waals surface area (Å²) in [6, 6.07) is 6.17. The van der Waals surface area contributed by atoms with Crippen molar-refractivity contribution in [2.45, 2.75) is 18.2 Å². The molecule has 1 aromatic heterocycles. The van der Waals surface area contributed by atoms with E-state index in [0.29, 0.717) is 0 Å². The molecule has 0 amide bonds. The third-order valence-electron chi connectivity index (χ3n) is 2.76. The predicted octanol–water partition coefficient (Wildman–Crippen LogP) is 4.25. The van der Waals surface area contributed by atoms with Gasteiger partial charge in [-0.2, -0.15) is 0 Å². The van der Waals surface area contributed by atoms with Gasteiger partial charge in [0.15, 0.2) is 4.34 Å². The second kappa shape index (κ2) is 6.23. The summed E-state index contributed by atoms with van der Waals surface area (Å²) in [7, 11) is 1.38. The summed E-state index contributed by atoms with van der Waals surface area (Å²) in [5.41, 5.74) is 2.05. The summed E-state index contributed by atoms with van der Waals surface area (Å²) in [4.78, 5) is 7.65. The largest absolute Gasteiger partial charge is 0.363 e. The molecule has 2 nitrogen and oxygen atoms in total. The fraction of sp³-hybridized carbons (Fsp3) is 0.333. The SMILES string of the molecule is CCN(CC)C(=S)c1cccc2sc(SS)nc12. The number of fused-ring (bicyclic) bond motifs is 1. The molecule has 0 fully saturated rings. The fourth-order valence-electron chi connectivity index (χ4n) is 1.82. The summed E-state index contributed by atoms with van der Waals surface area (Å²) < 4.78 is 2.13. The van der Waals surface area contributed by atoms with Crippen LogP contribution in [0.15, 0.2) is 22.5 Å². The van der Waals surface area contributed by atoms with Crippen LogP contribution >= 0.6 is 46.0 Å². The molecule has 2 aromatic rings. The van der Waals surface area contributed by atoms with Crippen LogP contribution in [0.2, 0.25) is 0 Å². The topological polar surface area (TPSA) is 16.1 Å². The highest BCUT2D eigenvalue weighted by Gasteiger charge is 2.14.